The maximum atomic E-state index is 13.5. The highest BCUT2D eigenvalue weighted by Gasteiger charge is 2.13. The minimum absolute atomic E-state index is 0.0290. The first-order valence-electron chi connectivity index (χ1n) is 6.85. The van der Waals surface area contributed by atoms with Gasteiger partial charge in [0.15, 0.2) is 4.34 Å². The lowest BCUT2D eigenvalue weighted by molar-refractivity contribution is -0.384. The number of anilines is 1. The molecule has 25 heavy (non-hydrogen) atoms. The summed E-state index contributed by atoms with van der Waals surface area (Å²) in [6.07, 6.45) is 0. The highest BCUT2D eigenvalue weighted by molar-refractivity contribution is 8.01. The SMILES string of the molecule is O=C(CSc1nc2ccc([N+](=O)[O-])cc2s1)Nc1ccc(F)cc1F. The highest BCUT2D eigenvalue weighted by Crippen LogP contribution is 2.31. The third-order valence-electron chi connectivity index (χ3n) is 3.10. The van der Waals surface area contributed by atoms with E-state index in [0.29, 0.717) is 20.6 Å². The molecule has 2 aromatic carbocycles. The number of halogens is 2. The van der Waals surface area contributed by atoms with Crippen LogP contribution in [-0.2, 0) is 4.79 Å². The number of hydrogen-bond donors (Lipinski definition) is 1. The first kappa shape index (κ1) is 17.2. The molecule has 6 nitrogen and oxygen atoms in total. The highest BCUT2D eigenvalue weighted by atomic mass is 32.2. The predicted octanol–water partition coefficient (Wildman–Crippen LogP) is 4.21. The number of thiazole rings is 1. The Balaban J connectivity index is 1.65. The number of rotatable bonds is 5. The number of non-ortho nitro benzene ring substituents is 1. The van der Waals surface area contributed by atoms with Gasteiger partial charge in [-0.3, -0.25) is 14.9 Å². The lowest BCUT2D eigenvalue weighted by atomic mass is 10.3. The molecule has 1 N–H and O–H groups in total. The fourth-order valence-electron chi connectivity index (χ4n) is 1.97. The monoisotopic (exact) mass is 381 g/mol. The van der Waals surface area contributed by atoms with Crippen LogP contribution in [0.15, 0.2) is 40.7 Å². The summed E-state index contributed by atoms with van der Waals surface area (Å²) in [6, 6.07) is 7.20. The zero-order valence-electron chi connectivity index (χ0n) is 12.4. The van der Waals surface area contributed by atoms with Crippen LogP contribution in [0.25, 0.3) is 10.2 Å². The predicted molar refractivity (Wildman–Crippen MR) is 92.0 cm³/mol. The number of carbonyl (C=O) groups is 1. The summed E-state index contributed by atoms with van der Waals surface area (Å²) in [6.45, 7) is 0. The van der Waals surface area contributed by atoms with Gasteiger partial charge in [0.2, 0.25) is 5.91 Å². The van der Waals surface area contributed by atoms with E-state index >= 15 is 0 Å². The largest absolute Gasteiger partial charge is 0.323 e. The molecule has 0 saturated heterocycles. The normalized spacial score (nSPS) is 10.8. The second kappa shape index (κ2) is 7.11. The van der Waals surface area contributed by atoms with E-state index in [1.165, 1.54) is 23.5 Å². The summed E-state index contributed by atoms with van der Waals surface area (Å²) >= 11 is 2.35. The fraction of sp³-hybridized carbons (Fsp3) is 0.0667. The van der Waals surface area contributed by atoms with Crippen molar-refractivity contribution in [3.8, 4) is 0 Å². The molecule has 0 radical (unpaired) electrons. The lowest BCUT2D eigenvalue weighted by Crippen LogP contribution is -2.15. The molecule has 0 aliphatic rings. The van der Waals surface area contributed by atoms with Crippen molar-refractivity contribution in [2.24, 2.45) is 0 Å². The number of fused-ring (bicyclic) bond motifs is 1. The number of hydrogen-bond acceptors (Lipinski definition) is 6. The number of benzene rings is 2. The molecule has 0 fully saturated rings. The molecule has 0 spiro atoms. The van der Waals surface area contributed by atoms with E-state index in [1.807, 2.05) is 0 Å². The number of nitrogens with one attached hydrogen (secondary N) is 1. The van der Waals surface area contributed by atoms with Crippen LogP contribution in [0, 0.1) is 21.7 Å². The molecular formula is C15H9F2N3O3S2. The smallest absolute Gasteiger partial charge is 0.270 e. The average molecular weight is 381 g/mol. The Bertz CT molecular complexity index is 978. The Hall–Kier alpha value is -2.59. The Morgan fingerprint density at radius 2 is 2.08 bits per heavy atom. The van der Waals surface area contributed by atoms with E-state index in [0.717, 1.165) is 23.9 Å². The van der Waals surface area contributed by atoms with Crippen LogP contribution in [0.3, 0.4) is 0 Å². The molecular weight excluding hydrogens is 372 g/mol. The number of aromatic nitrogens is 1. The zero-order valence-corrected chi connectivity index (χ0v) is 14.0. The molecule has 1 aromatic heterocycles. The maximum Gasteiger partial charge on any atom is 0.270 e. The standard InChI is InChI=1S/C15H9F2N3O3S2/c16-8-1-3-11(10(17)5-8)18-14(21)7-24-15-19-12-4-2-9(20(22)23)6-13(12)25-15/h1-6H,7H2,(H,18,21). The molecule has 0 atom stereocenters. The number of nitrogens with zero attached hydrogens (tertiary/aromatic N) is 2. The van der Waals surface area contributed by atoms with Gasteiger partial charge in [-0.05, 0) is 18.2 Å². The first-order chi connectivity index (χ1) is 11.9. The first-order valence-corrected chi connectivity index (χ1v) is 8.65. The molecule has 3 rings (SSSR count). The quantitative estimate of drug-likeness (QED) is 0.406. The van der Waals surface area contributed by atoms with Gasteiger partial charge in [-0.1, -0.05) is 11.8 Å². The fourth-order valence-corrected chi connectivity index (χ4v) is 3.87. The minimum Gasteiger partial charge on any atom is -0.323 e. The summed E-state index contributed by atoms with van der Waals surface area (Å²) in [7, 11) is 0. The Morgan fingerprint density at radius 1 is 1.28 bits per heavy atom. The summed E-state index contributed by atoms with van der Waals surface area (Å²) < 4.78 is 27.5. The van der Waals surface area contributed by atoms with Gasteiger partial charge in [0, 0.05) is 18.2 Å². The lowest BCUT2D eigenvalue weighted by Gasteiger charge is -2.05. The van der Waals surface area contributed by atoms with E-state index in [-0.39, 0.29) is 17.1 Å². The topological polar surface area (TPSA) is 85.1 Å². The van der Waals surface area contributed by atoms with Gasteiger partial charge in [-0.25, -0.2) is 13.8 Å². The van der Waals surface area contributed by atoms with Crippen molar-refractivity contribution in [3.05, 3.63) is 58.1 Å². The van der Waals surface area contributed by atoms with Crippen LogP contribution in [-0.4, -0.2) is 21.6 Å². The van der Waals surface area contributed by atoms with Crippen LogP contribution >= 0.6 is 23.1 Å². The van der Waals surface area contributed by atoms with E-state index in [4.69, 9.17) is 0 Å². The minimum atomic E-state index is -0.856. The summed E-state index contributed by atoms with van der Waals surface area (Å²) in [4.78, 5) is 26.4. The van der Waals surface area contributed by atoms with E-state index < -0.39 is 22.5 Å². The number of nitro benzene ring substituents is 1. The van der Waals surface area contributed by atoms with Crippen LogP contribution in [0.2, 0.25) is 0 Å². The van der Waals surface area contributed by atoms with Crippen molar-refractivity contribution in [1.82, 2.24) is 4.98 Å². The molecule has 10 heteroatoms. The molecule has 0 aliphatic carbocycles. The van der Waals surface area contributed by atoms with Crippen molar-refractivity contribution in [2.75, 3.05) is 11.1 Å². The maximum absolute atomic E-state index is 13.5. The Labute approximate surface area is 148 Å². The van der Waals surface area contributed by atoms with Gasteiger partial charge in [-0.2, -0.15) is 0 Å². The summed E-state index contributed by atoms with van der Waals surface area (Å²) in [5.74, 6) is -2.08. The number of nitro groups is 1. The second-order valence-electron chi connectivity index (χ2n) is 4.85. The van der Waals surface area contributed by atoms with Gasteiger partial charge in [-0.15, -0.1) is 11.3 Å². The third-order valence-corrected chi connectivity index (χ3v) is 5.26. The van der Waals surface area contributed by atoms with Crippen molar-refractivity contribution >= 4 is 50.6 Å². The van der Waals surface area contributed by atoms with Gasteiger partial charge in [0.25, 0.3) is 5.69 Å². The number of thioether (sulfide) groups is 1. The van der Waals surface area contributed by atoms with Gasteiger partial charge >= 0.3 is 0 Å². The molecule has 3 aromatic rings. The molecule has 0 unspecified atom stereocenters. The van der Waals surface area contributed by atoms with E-state index in [1.54, 1.807) is 6.07 Å². The van der Waals surface area contributed by atoms with Crippen LogP contribution < -0.4 is 5.32 Å². The van der Waals surface area contributed by atoms with Crippen molar-refractivity contribution in [3.63, 3.8) is 0 Å². The van der Waals surface area contributed by atoms with Crippen molar-refractivity contribution < 1.29 is 18.5 Å². The Morgan fingerprint density at radius 3 is 2.80 bits per heavy atom. The van der Waals surface area contributed by atoms with Gasteiger partial charge in [0.05, 0.1) is 26.6 Å². The van der Waals surface area contributed by atoms with Crippen LogP contribution in [0.5, 0.6) is 0 Å². The summed E-state index contributed by atoms with van der Waals surface area (Å²) in [5.41, 5.74) is 0.465. The van der Waals surface area contributed by atoms with Gasteiger partial charge in [0.1, 0.15) is 11.6 Å². The van der Waals surface area contributed by atoms with Crippen LogP contribution in [0.4, 0.5) is 20.2 Å². The molecule has 128 valence electrons. The number of amides is 1. The Kier molecular flexibility index (Phi) is 4.91. The summed E-state index contributed by atoms with van der Waals surface area (Å²) in [5, 5.41) is 13.1. The van der Waals surface area contributed by atoms with Gasteiger partial charge < -0.3 is 5.32 Å². The van der Waals surface area contributed by atoms with Crippen molar-refractivity contribution in [2.45, 2.75) is 4.34 Å². The molecule has 0 aliphatic heterocycles. The van der Waals surface area contributed by atoms with E-state index in [2.05, 4.69) is 10.3 Å². The third kappa shape index (κ3) is 4.09. The second-order valence-corrected chi connectivity index (χ2v) is 7.10. The van der Waals surface area contributed by atoms with Crippen molar-refractivity contribution in [1.29, 1.82) is 0 Å². The zero-order chi connectivity index (χ0) is 18.0. The average Bonchev–Trinajstić information content (AvgIpc) is 2.97. The van der Waals surface area contributed by atoms with E-state index in [9.17, 15) is 23.7 Å². The molecule has 1 heterocycles. The van der Waals surface area contributed by atoms with Crippen LogP contribution in [0.1, 0.15) is 0 Å². The molecule has 0 saturated carbocycles. The number of carbonyl (C=O) groups excluding carboxylic acids is 1. The molecule has 0 bridgehead atoms. The molecule has 1 amide bonds.